The molecule has 1 N–H and O–H groups in total. The fourth-order valence-electron chi connectivity index (χ4n) is 3.87. The molecule has 1 unspecified atom stereocenters. The van der Waals surface area contributed by atoms with Crippen LogP contribution in [-0.4, -0.2) is 23.4 Å². The zero-order valence-corrected chi connectivity index (χ0v) is 18.2. The summed E-state index contributed by atoms with van der Waals surface area (Å²) in [5.41, 5.74) is 0.758. The second-order valence-corrected chi connectivity index (χ2v) is 7.63. The van der Waals surface area contributed by atoms with Gasteiger partial charge >= 0.3 is 0 Å². The van der Waals surface area contributed by atoms with Gasteiger partial charge in [0.1, 0.15) is 29.1 Å². The summed E-state index contributed by atoms with van der Waals surface area (Å²) in [7, 11) is 0. The number of carbonyl (C=O) groups excluding carboxylic acids is 2. The van der Waals surface area contributed by atoms with Gasteiger partial charge < -0.3 is 14.3 Å². The Labute approximate surface area is 188 Å². The number of halogens is 2. The maximum Gasteiger partial charge on any atom is 0.300 e. The van der Waals surface area contributed by atoms with E-state index in [-0.39, 0.29) is 17.0 Å². The molecule has 8 heteroatoms. The van der Waals surface area contributed by atoms with Gasteiger partial charge in [-0.3, -0.25) is 14.5 Å². The quantitative estimate of drug-likeness (QED) is 0.326. The number of hydrogen-bond donors (Lipinski definition) is 1. The molecule has 1 atom stereocenters. The molecule has 0 radical (unpaired) electrons. The Balaban J connectivity index is 1.90. The molecule has 0 aliphatic carbocycles. The molecule has 1 aliphatic heterocycles. The van der Waals surface area contributed by atoms with E-state index in [9.17, 15) is 23.5 Å². The Morgan fingerprint density at radius 3 is 2.42 bits per heavy atom. The van der Waals surface area contributed by atoms with E-state index >= 15 is 0 Å². The number of aliphatic hydroxyl groups is 1. The van der Waals surface area contributed by atoms with Crippen LogP contribution in [-0.2, 0) is 9.59 Å². The number of ether oxygens (including phenoxy) is 1. The zero-order valence-electron chi connectivity index (χ0n) is 18.2. The SMILES string of the molecule is CCOc1ccc(/C(O)=C2/C(=O)C(=O)N(c3ccc(F)c(F)c3)C2c2ccc(C)o2)cc1C. The van der Waals surface area contributed by atoms with Crippen molar-refractivity contribution in [1.82, 2.24) is 0 Å². The summed E-state index contributed by atoms with van der Waals surface area (Å²) in [6.45, 7) is 5.78. The second-order valence-electron chi connectivity index (χ2n) is 7.63. The summed E-state index contributed by atoms with van der Waals surface area (Å²) in [4.78, 5) is 27.1. The molecule has 0 saturated carbocycles. The number of benzene rings is 2. The number of aliphatic hydroxyl groups excluding tert-OH is 1. The highest BCUT2D eigenvalue weighted by Gasteiger charge is 2.48. The fourth-order valence-corrected chi connectivity index (χ4v) is 3.87. The first-order valence-electron chi connectivity index (χ1n) is 10.3. The Hall–Kier alpha value is -3.94. The van der Waals surface area contributed by atoms with Gasteiger partial charge in [0.15, 0.2) is 11.6 Å². The first-order valence-corrected chi connectivity index (χ1v) is 10.3. The fraction of sp³-hybridized carbons (Fsp3) is 0.200. The van der Waals surface area contributed by atoms with E-state index in [1.165, 1.54) is 6.07 Å². The first kappa shape index (κ1) is 22.3. The molecule has 0 spiro atoms. The third kappa shape index (κ3) is 3.88. The Bertz CT molecular complexity index is 1290. The van der Waals surface area contributed by atoms with E-state index in [2.05, 4.69) is 0 Å². The van der Waals surface area contributed by atoms with Crippen LogP contribution in [0.1, 0.15) is 35.6 Å². The molecule has 6 nitrogen and oxygen atoms in total. The van der Waals surface area contributed by atoms with Crippen molar-refractivity contribution in [1.29, 1.82) is 0 Å². The van der Waals surface area contributed by atoms with Gasteiger partial charge in [-0.05, 0) is 68.8 Å². The van der Waals surface area contributed by atoms with Crippen molar-refractivity contribution in [2.45, 2.75) is 26.8 Å². The van der Waals surface area contributed by atoms with Crippen LogP contribution in [0.5, 0.6) is 5.75 Å². The number of hydrogen-bond acceptors (Lipinski definition) is 5. The van der Waals surface area contributed by atoms with Gasteiger partial charge in [0, 0.05) is 17.3 Å². The third-order valence-corrected chi connectivity index (χ3v) is 5.40. The number of ketones is 1. The predicted molar refractivity (Wildman–Crippen MR) is 117 cm³/mol. The molecule has 1 aromatic heterocycles. The lowest BCUT2D eigenvalue weighted by Crippen LogP contribution is -2.29. The highest BCUT2D eigenvalue weighted by molar-refractivity contribution is 6.51. The van der Waals surface area contributed by atoms with Crippen molar-refractivity contribution >= 4 is 23.1 Å². The second kappa shape index (κ2) is 8.54. The van der Waals surface area contributed by atoms with Crippen molar-refractivity contribution in [2.75, 3.05) is 11.5 Å². The number of nitrogens with zero attached hydrogens (tertiary/aromatic N) is 1. The molecule has 33 heavy (non-hydrogen) atoms. The molecule has 2 heterocycles. The molecule has 0 bridgehead atoms. The van der Waals surface area contributed by atoms with Crippen LogP contribution in [0.4, 0.5) is 14.5 Å². The van der Waals surface area contributed by atoms with Gasteiger partial charge in [-0.1, -0.05) is 0 Å². The summed E-state index contributed by atoms with van der Waals surface area (Å²) in [5.74, 6) is -3.32. The van der Waals surface area contributed by atoms with Crippen LogP contribution >= 0.6 is 0 Å². The maximum absolute atomic E-state index is 14.0. The van der Waals surface area contributed by atoms with E-state index in [1.807, 2.05) is 6.92 Å². The van der Waals surface area contributed by atoms with Crippen molar-refractivity contribution in [2.24, 2.45) is 0 Å². The number of Topliss-reactive ketones (excluding diaryl/α,β-unsaturated/α-hetero) is 1. The number of anilines is 1. The average molecular weight is 453 g/mol. The lowest BCUT2D eigenvalue weighted by molar-refractivity contribution is -0.132. The minimum Gasteiger partial charge on any atom is -0.507 e. The molecule has 3 aromatic rings. The van der Waals surface area contributed by atoms with Crippen molar-refractivity contribution in [3.8, 4) is 5.75 Å². The van der Waals surface area contributed by atoms with Crippen LogP contribution in [0.2, 0.25) is 0 Å². The summed E-state index contributed by atoms with van der Waals surface area (Å²) in [6.07, 6.45) is 0. The van der Waals surface area contributed by atoms with Gasteiger partial charge in [0.05, 0.1) is 12.2 Å². The molecule has 1 aliphatic rings. The van der Waals surface area contributed by atoms with E-state index in [0.29, 0.717) is 23.7 Å². The molecule has 1 amide bonds. The lowest BCUT2D eigenvalue weighted by atomic mass is 9.98. The van der Waals surface area contributed by atoms with Crippen molar-refractivity contribution in [3.63, 3.8) is 0 Å². The van der Waals surface area contributed by atoms with Gasteiger partial charge in [0.2, 0.25) is 0 Å². The number of rotatable bonds is 5. The maximum atomic E-state index is 14.0. The Kier molecular flexibility index (Phi) is 5.76. The van der Waals surface area contributed by atoms with Crippen LogP contribution in [0.25, 0.3) is 5.76 Å². The zero-order chi connectivity index (χ0) is 23.9. The number of carbonyl (C=O) groups is 2. The molecule has 4 rings (SSSR count). The smallest absolute Gasteiger partial charge is 0.300 e. The highest BCUT2D eigenvalue weighted by atomic mass is 19.2. The molecular weight excluding hydrogens is 432 g/mol. The molecule has 170 valence electrons. The third-order valence-electron chi connectivity index (χ3n) is 5.40. The monoisotopic (exact) mass is 453 g/mol. The number of amides is 1. The molecule has 1 saturated heterocycles. The molecule has 2 aromatic carbocycles. The van der Waals surface area contributed by atoms with E-state index in [1.54, 1.807) is 44.2 Å². The average Bonchev–Trinajstić information content (AvgIpc) is 3.32. The van der Waals surface area contributed by atoms with Gasteiger partial charge in [-0.2, -0.15) is 0 Å². The van der Waals surface area contributed by atoms with E-state index < -0.39 is 35.1 Å². The van der Waals surface area contributed by atoms with E-state index in [4.69, 9.17) is 9.15 Å². The highest BCUT2D eigenvalue weighted by Crippen LogP contribution is 2.43. The minimum atomic E-state index is -1.18. The van der Waals surface area contributed by atoms with Crippen molar-refractivity contribution in [3.05, 3.63) is 88.4 Å². The van der Waals surface area contributed by atoms with Gasteiger partial charge in [-0.15, -0.1) is 0 Å². The minimum absolute atomic E-state index is 0.0445. The standard InChI is InChI=1S/C25H21F2NO5/c1-4-32-19-10-6-15(11-13(19)2)23(29)21-22(20-9-5-14(3)33-20)28(25(31)24(21)30)16-7-8-17(26)18(27)12-16/h5-12,22,29H,4H2,1-3H3/b23-21-. The normalized spacial score (nSPS) is 17.6. The lowest BCUT2D eigenvalue weighted by Gasteiger charge is -2.23. The Morgan fingerprint density at radius 1 is 1.06 bits per heavy atom. The van der Waals surface area contributed by atoms with Crippen LogP contribution in [0, 0.1) is 25.5 Å². The molecule has 1 fully saturated rings. The topological polar surface area (TPSA) is 80.0 Å². The van der Waals surface area contributed by atoms with E-state index in [0.717, 1.165) is 22.6 Å². The summed E-state index contributed by atoms with van der Waals surface area (Å²) in [6, 6.07) is 9.78. The largest absolute Gasteiger partial charge is 0.507 e. The van der Waals surface area contributed by atoms with Crippen LogP contribution < -0.4 is 9.64 Å². The Morgan fingerprint density at radius 2 is 1.82 bits per heavy atom. The number of aryl methyl sites for hydroxylation is 2. The summed E-state index contributed by atoms with van der Waals surface area (Å²) in [5, 5.41) is 11.1. The van der Waals surface area contributed by atoms with Gasteiger partial charge in [-0.25, -0.2) is 8.78 Å². The predicted octanol–water partition coefficient (Wildman–Crippen LogP) is 5.20. The summed E-state index contributed by atoms with van der Waals surface area (Å²) >= 11 is 0. The number of furan rings is 1. The van der Waals surface area contributed by atoms with Crippen LogP contribution in [0.3, 0.4) is 0 Å². The van der Waals surface area contributed by atoms with Crippen molar-refractivity contribution < 1.29 is 32.6 Å². The van der Waals surface area contributed by atoms with Gasteiger partial charge in [0.25, 0.3) is 11.7 Å². The summed E-state index contributed by atoms with van der Waals surface area (Å²) < 4.78 is 38.7. The first-order chi connectivity index (χ1) is 15.7. The van der Waals surface area contributed by atoms with Crippen LogP contribution in [0.15, 0.2) is 58.5 Å². The molecular formula is C25H21F2NO5.